The number of carbonyl (C=O) groups excluding carboxylic acids is 3. The lowest BCUT2D eigenvalue weighted by Crippen LogP contribution is -2.56. The number of hydrogen-bond acceptors (Lipinski definition) is 3. The molecule has 7 heteroatoms. The Bertz CT molecular complexity index is 746. The fourth-order valence-electron chi connectivity index (χ4n) is 4.03. The van der Waals surface area contributed by atoms with Crippen LogP contribution >= 0.6 is 11.6 Å². The van der Waals surface area contributed by atoms with Crippen molar-refractivity contribution in [1.82, 2.24) is 15.5 Å². The van der Waals surface area contributed by atoms with Crippen molar-refractivity contribution in [3.8, 4) is 0 Å². The highest BCUT2D eigenvalue weighted by Gasteiger charge is 2.40. The SMILES string of the molecule is CNC(=O)CC(=O)N[C@@H](C(=O)N1CCC(c2ccc(Cl)cc2)C(C)(C)C1)C(C)C. The minimum atomic E-state index is -0.643. The van der Waals surface area contributed by atoms with E-state index >= 15 is 0 Å². The van der Waals surface area contributed by atoms with Crippen LogP contribution in [0.25, 0.3) is 0 Å². The van der Waals surface area contributed by atoms with Crippen LogP contribution in [0.15, 0.2) is 24.3 Å². The van der Waals surface area contributed by atoms with Gasteiger partial charge in [0.05, 0.1) is 0 Å². The zero-order valence-corrected chi connectivity index (χ0v) is 18.7. The van der Waals surface area contributed by atoms with E-state index in [2.05, 4.69) is 36.6 Å². The Kier molecular flexibility index (Phi) is 7.69. The van der Waals surface area contributed by atoms with Gasteiger partial charge >= 0.3 is 0 Å². The van der Waals surface area contributed by atoms with E-state index < -0.39 is 11.9 Å². The van der Waals surface area contributed by atoms with E-state index in [1.54, 1.807) is 0 Å². The second-order valence-electron chi connectivity index (χ2n) is 8.78. The van der Waals surface area contributed by atoms with Gasteiger partial charge in [-0.15, -0.1) is 0 Å². The van der Waals surface area contributed by atoms with Gasteiger partial charge in [0.15, 0.2) is 0 Å². The standard InChI is InChI=1S/C22H32ClN3O3/c1-14(2)20(25-19(28)12-18(27)24-5)21(29)26-11-10-17(22(3,4)13-26)15-6-8-16(23)9-7-15/h6-9,14,17,20H,10-13H2,1-5H3,(H,24,27)(H,25,28)/t17?,20-/m1/s1. The number of piperidine rings is 1. The number of hydrogen-bond donors (Lipinski definition) is 2. The number of rotatable bonds is 6. The van der Waals surface area contributed by atoms with Gasteiger partial charge in [0.1, 0.15) is 12.5 Å². The number of halogens is 1. The van der Waals surface area contributed by atoms with Gasteiger partial charge in [-0.25, -0.2) is 0 Å². The lowest BCUT2D eigenvalue weighted by molar-refractivity contribution is -0.141. The van der Waals surface area contributed by atoms with Crippen molar-refractivity contribution in [2.75, 3.05) is 20.1 Å². The summed E-state index contributed by atoms with van der Waals surface area (Å²) in [4.78, 5) is 38.6. The van der Waals surface area contributed by atoms with Gasteiger partial charge in [0.25, 0.3) is 0 Å². The predicted molar refractivity (Wildman–Crippen MR) is 115 cm³/mol. The molecule has 0 saturated carbocycles. The van der Waals surface area contributed by atoms with Gasteiger partial charge in [-0.3, -0.25) is 14.4 Å². The zero-order chi connectivity index (χ0) is 21.8. The molecule has 1 unspecified atom stereocenters. The molecule has 1 aromatic carbocycles. The fraction of sp³-hybridized carbons (Fsp3) is 0.591. The molecule has 29 heavy (non-hydrogen) atoms. The van der Waals surface area contributed by atoms with Crippen molar-refractivity contribution in [3.63, 3.8) is 0 Å². The summed E-state index contributed by atoms with van der Waals surface area (Å²) in [5, 5.41) is 5.89. The molecule has 0 aliphatic carbocycles. The largest absolute Gasteiger partial charge is 0.359 e. The van der Waals surface area contributed by atoms with Crippen LogP contribution in [0.4, 0.5) is 0 Å². The third-order valence-electron chi connectivity index (χ3n) is 5.66. The predicted octanol–water partition coefficient (Wildman–Crippen LogP) is 2.96. The average molecular weight is 422 g/mol. The van der Waals surface area contributed by atoms with Gasteiger partial charge in [0, 0.05) is 25.2 Å². The average Bonchev–Trinajstić information content (AvgIpc) is 2.65. The third kappa shape index (κ3) is 5.95. The Hall–Kier alpha value is -2.08. The van der Waals surface area contributed by atoms with Crippen molar-refractivity contribution in [3.05, 3.63) is 34.9 Å². The molecule has 3 amide bonds. The van der Waals surface area contributed by atoms with Crippen LogP contribution in [0, 0.1) is 11.3 Å². The summed E-state index contributed by atoms with van der Waals surface area (Å²) in [6, 6.07) is 7.28. The van der Waals surface area contributed by atoms with Gasteiger partial charge in [-0.1, -0.05) is 51.4 Å². The Labute approximate surface area is 178 Å². The summed E-state index contributed by atoms with van der Waals surface area (Å²) in [6.07, 6.45) is 0.564. The molecule has 1 heterocycles. The van der Waals surface area contributed by atoms with Crippen LogP contribution in [-0.2, 0) is 14.4 Å². The summed E-state index contributed by atoms with van der Waals surface area (Å²) in [5.74, 6) is -0.653. The molecule has 1 saturated heterocycles. The smallest absolute Gasteiger partial charge is 0.245 e. The van der Waals surface area contributed by atoms with E-state index in [4.69, 9.17) is 11.6 Å². The van der Waals surface area contributed by atoms with E-state index in [9.17, 15) is 14.4 Å². The van der Waals surface area contributed by atoms with Gasteiger partial charge in [0.2, 0.25) is 17.7 Å². The van der Waals surface area contributed by atoms with Crippen molar-refractivity contribution in [2.24, 2.45) is 11.3 Å². The van der Waals surface area contributed by atoms with E-state index in [1.807, 2.05) is 30.9 Å². The van der Waals surface area contributed by atoms with E-state index in [0.717, 1.165) is 6.42 Å². The lowest BCUT2D eigenvalue weighted by Gasteiger charge is -2.45. The number of nitrogens with zero attached hydrogens (tertiary/aromatic N) is 1. The second-order valence-corrected chi connectivity index (χ2v) is 9.22. The highest BCUT2D eigenvalue weighted by molar-refractivity contribution is 6.30. The number of benzene rings is 1. The zero-order valence-electron chi connectivity index (χ0n) is 17.9. The number of carbonyl (C=O) groups is 3. The number of nitrogens with one attached hydrogen (secondary N) is 2. The summed E-state index contributed by atoms with van der Waals surface area (Å²) < 4.78 is 0. The maximum atomic E-state index is 13.2. The third-order valence-corrected chi connectivity index (χ3v) is 5.91. The molecule has 2 atom stereocenters. The van der Waals surface area contributed by atoms with Crippen molar-refractivity contribution in [1.29, 1.82) is 0 Å². The highest BCUT2D eigenvalue weighted by atomic mass is 35.5. The molecular weight excluding hydrogens is 390 g/mol. The molecule has 0 spiro atoms. The molecule has 2 N–H and O–H groups in total. The topological polar surface area (TPSA) is 78.5 Å². The Morgan fingerprint density at radius 3 is 2.31 bits per heavy atom. The number of likely N-dealkylation sites (tertiary alicyclic amines) is 1. The second kappa shape index (κ2) is 9.61. The van der Waals surface area contributed by atoms with Crippen LogP contribution in [-0.4, -0.2) is 48.8 Å². The van der Waals surface area contributed by atoms with E-state index in [1.165, 1.54) is 12.6 Å². The van der Waals surface area contributed by atoms with Crippen LogP contribution in [0.3, 0.4) is 0 Å². The summed E-state index contributed by atoms with van der Waals surface area (Å²) in [6.45, 7) is 9.36. The van der Waals surface area contributed by atoms with Gasteiger partial charge in [-0.05, 0) is 41.4 Å². The lowest BCUT2D eigenvalue weighted by atomic mass is 9.70. The molecule has 0 aromatic heterocycles. The molecule has 1 fully saturated rings. The van der Waals surface area contributed by atoms with Crippen LogP contribution in [0.2, 0.25) is 5.02 Å². The fourth-order valence-corrected chi connectivity index (χ4v) is 4.15. The molecule has 0 bridgehead atoms. The summed E-state index contributed by atoms with van der Waals surface area (Å²) in [7, 11) is 1.48. The molecule has 1 aromatic rings. The first-order chi connectivity index (χ1) is 13.5. The minimum absolute atomic E-state index is 0.0757. The molecular formula is C22H32ClN3O3. The van der Waals surface area contributed by atoms with Crippen LogP contribution in [0.5, 0.6) is 0 Å². The Morgan fingerprint density at radius 1 is 1.17 bits per heavy atom. The normalized spacial score (nSPS) is 19.6. The van der Waals surface area contributed by atoms with Crippen LogP contribution in [0.1, 0.15) is 52.0 Å². The summed E-state index contributed by atoms with van der Waals surface area (Å²) >= 11 is 6.02. The van der Waals surface area contributed by atoms with E-state index in [-0.39, 0.29) is 29.6 Å². The molecule has 6 nitrogen and oxygen atoms in total. The van der Waals surface area contributed by atoms with Crippen molar-refractivity contribution >= 4 is 29.3 Å². The Morgan fingerprint density at radius 2 is 1.79 bits per heavy atom. The first-order valence-electron chi connectivity index (χ1n) is 10.1. The quantitative estimate of drug-likeness (QED) is 0.693. The molecule has 1 aliphatic rings. The summed E-state index contributed by atoms with van der Waals surface area (Å²) in [5.41, 5.74) is 1.11. The van der Waals surface area contributed by atoms with Gasteiger partial charge in [-0.2, -0.15) is 0 Å². The van der Waals surface area contributed by atoms with Crippen LogP contribution < -0.4 is 10.6 Å². The molecule has 160 valence electrons. The highest BCUT2D eigenvalue weighted by Crippen LogP contribution is 2.42. The molecule has 1 aliphatic heterocycles. The van der Waals surface area contributed by atoms with Gasteiger partial charge < -0.3 is 15.5 Å². The molecule has 2 rings (SSSR count). The van der Waals surface area contributed by atoms with Crippen molar-refractivity contribution in [2.45, 2.75) is 52.5 Å². The first-order valence-corrected chi connectivity index (χ1v) is 10.5. The maximum Gasteiger partial charge on any atom is 0.245 e. The molecule has 0 radical (unpaired) electrons. The van der Waals surface area contributed by atoms with E-state index in [0.29, 0.717) is 24.0 Å². The Balaban J connectivity index is 2.09. The number of amides is 3. The first kappa shape index (κ1) is 23.2. The monoisotopic (exact) mass is 421 g/mol. The van der Waals surface area contributed by atoms with Crippen molar-refractivity contribution < 1.29 is 14.4 Å². The minimum Gasteiger partial charge on any atom is -0.359 e. The maximum absolute atomic E-state index is 13.2.